The summed E-state index contributed by atoms with van der Waals surface area (Å²) >= 11 is 0. The molecule has 0 unspecified atom stereocenters. The van der Waals surface area contributed by atoms with Gasteiger partial charge in [-0.15, -0.1) is 0 Å². The maximum Gasteiger partial charge on any atom is 0.319 e. The molecule has 8 heteroatoms. The molecule has 29 heavy (non-hydrogen) atoms. The van der Waals surface area contributed by atoms with E-state index in [1.54, 1.807) is 36.4 Å². The maximum atomic E-state index is 12.7. The van der Waals surface area contributed by atoms with E-state index < -0.39 is 23.8 Å². The molecule has 0 saturated heterocycles. The number of aliphatic carboxylic acids is 1. The van der Waals surface area contributed by atoms with Crippen LogP contribution in [0.4, 0.5) is 10.5 Å². The number of anilines is 1. The first-order chi connectivity index (χ1) is 13.9. The van der Waals surface area contributed by atoms with Crippen molar-refractivity contribution in [2.24, 2.45) is 5.92 Å². The van der Waals surface area contributed by atoms with Gasteiger partial charge < -0.3 is 26.2 Å². The molecule has 8 nitrogen and oxygen atoms in total. The van der Waals surface area contributed by atoms with Crippen molar-refractivity contribution in [2.45, 2.75) is 31.3 Å². The first kappa shape index (κ1) is 18.8. The van der Waals surface area contributed by atoms with Gasteiger partial charge in [0, 0.05) is 22.9 Å². The van der Waals surface area contributed by atoms with E-state index in [1.807, 2.05) is 0 Å². The Labute approximate surface area is 166 Å². The van der Waals surface area contributed by atoms with Crippen LogP contribution < -0.4 is 16.0 Å². The largest absolute Gasteiger partial charge is 0.508 e. The monoisotopic (exact) mass is 395 g/mol. The molecule has 3 amide bonds. The van der Waals surface area contributed by atoms with Crippen LogP contribution in [0.5, 0.6) is 5.75 Å². The highest BCUT2D eigenvalue weighted by Crippen LogP contribution is 2.40. The number of carbonyl (C=O) groups excluding carboxylic acids is 2. The third kappa shape index (κ3) is 4.01. The van der Waals surface area contributed by atoms with Gasteiger partial charge in [0.15, 0.2) is 0 Å². The van der Waals surface area contributed by atoms with Gasteiger partial charge in [-0.2, -0.15) is 0 Å². The van der Waals surface area contributed by atoms with E-state index in [-0.39, 0.29) is 24.2 Å². The van der Waals surface area contributed by atoms with Crippen LogP contribution in [0.3, 0.4) is 0 Å². The summed E-state index contributed by atoms with van der Waals surface area (Å²) in [5.41, 5.74) is 2.06. The van der Waals surface area contributed by atoms with Gasteiger partial charge in [-0.05, 0) is 55.2 Å². The van der Waals surface area contributed by atoms with E-state index in [4.69, 9.17) is 0 Å². The molecule has 2 aromatic rings. The van der Waals surface area contributed by atoms with Gasteiger partial charge in [0.05, 0.1) is 12.0 Å². The van der Waals surface area contributed by atoms with Crippen LogP contribution >= 0.6 is 0 Å². The van der Waals surface area contributed by atoms with Crippen molar-refractivity contribution in [1.82, 2.24) is 10.6 Å². The number of carboxylic acids is 1. The van der Waals surface area contributed by atoms with Crippen LogP contribution in [0.1, 0.15) is 40.4 Å². The SMILES string of the molecule is O=C(Nc1ccc(C(=O)N[C@H]2c3cccc(O)c3C[C@H]2C(=O)O)cc1)NC1CC1. The van der Waals surface area contributed by atoms with Crippen LogP contribution in [0.25, 0.3) is 0 Å². The first-order valence-electron chi connectivity index (χ1n) is 9.44. The Kier molecular flexibility index (Phi) is 4.84. The molecule has 0 aliphatic heterocycles. The molecular weight excluding hydrogens is 374 g/mol. The van der Waals surface area contributed by atoms with E-state index >= 15 is 0 Å². The van der Waals surface area contributed by atoms with Crippen LogP contribution in [0.15, 0.2) is 42.5 Å². The Hall–Kier alpha value is -3.55. The van der Waals surface area contributed by atoms with Crippen LogP contribution in [-0.4, -0.2) is 34.2 Å². The van der Waals surface area contributed by atoms with E-state index in [2.05, 4.69) is 16.0 Å². The summed E-state index contributed by atoms with van der Waals surface area (Å²) in [6, 6.07) is 10.4. The zero-order chi connectivity index (χ0) is 20.5. The van der Waals surface area contributed by atoms with E-state index in [0.717, 1.165) is 12.8 Å². The predicted octanol–water partition coefficient (Wildman–Crippen LogP) is 2.40. The smallest absolute Gasteiger partial charge is 0.319 e. The average molecular weight is 395 g/mol. The third-order valence-corrected chi connectivity index (χ3v) is 5.27. The number of carbonyl (C=O) groups is 3. The predicted molar refractivity (Wildman–Crippen MR) is 105 cm³/mol. The van der Waals surface area contributed by atoms with Crippen LogP contribution in [-0.2, 0) is 11.2 Å². The summed E-state index contributed by atoms with van der Waals surface area (Å²) < 4.78 is 0. The van der Waals surface area contributed by atoms with Gasteiger partial charge in [-0.3, -0.25) is 9.59 Å². The Morgan fingerprint density at radius 1 is 0.966 bits per heavy atom. The second-order valence-corrected chi connectivity index (χ2v) is 7.39. The summed E-state index contributed by atoms with van der Waals surface area (Å²) in [7, 11) is 0. The highest BCUT2D eigenvalue weighted by molar-refractivity contribution is 5.96. The minimum atomic E-state index is -1.04. The van der Waals surface area contributed by atoms with Gasteiger partial charge in [0.1, 0.15) is 5.75 Å². The van der Waals surface area contributed by atoms with Crippen molar-refractivity contribution in [3.8, 4) is 5.75 Å². The number of aromatic hydroxyl groups is 1. The van der Waals surface area contributed by atoms with Crippen LogP contribution in [0.2, 0.25) is 0 Å². The van der Waals surface area contributed by atoms with Gasteiger partial charge in [-0.25, -0.2) is 4.79 Å². The minimum Gasteiger partial charge on any atom is -0.508 e. The lowest BCUT2D eigenvalue weighted by Crippen LogP contribution is -2.34. The molecule has 1 fully saturated rings. The summed E-state index contributed by atoms with van der Waals surface area (Å²) in [6.07, 6.45) is 2.14. The third-order valence-electron chi connectivity index (χ3n) is 5.27. The second-order valence-electron chi connectivity index (χ2n) is 7.39. The fourth-order valence-electron chi connectivity index (χ4n) is 3.58. The molecule has 2 atom stereocenters. The summed E-state index contributed by atoms with van der Waals surface area (Å²) in [5.74, 6) is -2.28. The Bertz CT molecular complexity index is 969. The Morgan fingerprint density at radius 3 is 2.34 bits per heavy atom. The van der Waals surface area contributed by atoms with E-state index in [1.165, 1.54) is 6.07 Å². The zero-order valence-electron chi connectivity index (χ0n) is 15.5. The number of carboxylic acid groups (broad SMARTS) is 1. The summed E-state index contributed by atoms with van der Waals surface area (Å²) in [5, 5.41) is 27.8. The molecular formula is C21H21N3O5. The number of amides is 3. The molecule has 0 radical (unpaired) electrons. The number of fused-ring (bicyclic) bond motifs is 1. The molecule has 5 N–H and O–H groups in total. The first-order valence-corrected chi connectivity index (χ1v) is 9.44. The lowest BCUT2D eigenvalue weighted by Gasteiger charge is -2.19. The van der Waals surface area contributed by atoms with Crippen molar-refractivity contribution < 1.29 is 24.6 Å². The molecule has 150 valence electrons. The zero-order valence-corrected chi connectivity index (χ0v) is 15.5. The molecule has 4 rings (SSSR count). The standard InChI is InChI=1S/C21H21N3O5/c25-17-3-1-2-14-15(17)10-16(20(27)28)18(14)24-19(26)11-4-6-12(7-5-11)22-21(29)23-13-8-9-13/h1-7,13,16,18,25H,8-10H2,(H,24,26)(H,27,28)(H2,22,23,29)/t16-,18+/m1/s1. The van der Waals surface area contributed by atoms with Crippen LogP contribution in [0, 0.1) is 5.92 Å². The molecule has 0 heterocycles. The van der Waals surface area contributed by atoms with Crippen molar-refractivity contribution in [3.63, 3.8) is 0 Å². The topological polar surface area (TPSA) is 128 Å². The number of hydrogen-bond acceptors (Lipinski definition) is 4. The minimum absolute atomic E-state index is 0.0328. The number of phenols is 1. The molecule has 2 aromatic carbocycles. The van der Waals surface area contributed by atoms with Gasteiger partial charge in [-0.1, -0.05) is 12.1 Å². The average Bonchev–Trinajstić information content (AvgIpc) is 3.41. The number of rotatable bonds is 5. The normalized spacial score (nSPS) is 19.9. The fourth-order valence-corrected chi connectivity index (χ4v) is 3.58. The fraction of sp³-hybridized carbons (Fsp3) is 0.286. The summed E-state index contributed by atoms with van der Waals surface area (Å²) in [4.78, 5) is 36.1. The number of nitrogens with one attached hydrogen (secondary N) is 3. The molecule has 2 aliphatic rings. The van der Waals surface area contributed by atoms with Gasteiger partial charge >= 0.3 is 12.0 Å². The second kappa shape index (κ2) is 7.46. The molecule has 0 bridgehead atoms. The van der Waals surface area contributed by atoms with E-state index in [0.29, 0.717) is 22.4 Å². The lowest BCUT2D eigenvalue weighted by atomic mass is 10.00. The lowest BCUT2D eigenvalue weighted by molar-refractivity contribution is -0.142. The van der Waals surface area contributed by atoms with Gasteiger partial charge in [0.25, 0.3) is 5.91 Å². The van der Waals surface area contributed by atoms with Crippen molar-refractivity contribution in [3.05, 3.63) is 59.2 Å². The van der Waals surface area contributed by atoms with Crippen molar-refractivity contribution >= 4 is 23.6 Å². The summed E-state index contributed by atoms with van der Waals surface area (Å²) in [6.45, 7) is 0. The number of hydrogen-bond donors (Lipinski definition) is 5. The maximum absolute atomic E-state index is 12.7. The van der Waals surface area contributed by atoms with Crippen molar-refractivity contribution in [2.75, 3.05) is 5.32 Å². The number of benzene rings is 2. The van der Waals surface area contributed by atoms with E-state index in [9.17, 15) is 24.6 Å². The Morgan fingerprint density at radius 2 is 1.69 bits per heavy atom. The molecule has 0 spiro atoms. The molecule has 2 aliphatic carbocycles. The van der Waals surface area contributed by atoms with Crippen molar-refractivity contribution in [1.29, 1.82) is 0 Å². The highest BCUT2D eigenvalue weighted by atomic mass is 16.4. The number of phenolic OH excluding ortho intramolecular Hbond substituents is 1. The highest BCUT2D eigenvalue weighted by Gasteiger charge is 2.39. The number of urea groups is 1. The quantitative estimate of drug-likeness (QED) is 0.531. The molecule has 1 saturated carbocycles. The van der Waals surface area contributed by atoms with Gasteiger partial charge in [0.2, 0.25) is 0 Å². The Balaban J connectivity index is 1.46. The molecule has 0 aromatic heterocycles.